The van der Waals surface area contributed by atoms with Crippen LogP contribution in [0.5, 0.6) is 0 Å². The molecule has 1 amide bonds. The molecule has 0 aliphatic heterocycles. The van der Waals surface area contributed by atoms with Crippen molar-refractivity contribution in [2.45, 2.75) is 26.8 Å². The number of amides is 1. The second-order valence-electron chi connectivity index (χ2n) is 6.87. The molecule has 1 heterocycles. The summed E-state index contributed by atoms with van der Waals surface area (Å²) < 4.78 is 7.12. The van der Waals surface area contributed by atoms with E-state index in [9.17, 15) is 4.79 Å². The van der Waals surface area contributed by atoms with Crippen molar-refractivity contribution in [2.75, 3.05) is 20.3 Å². The largest absolute Gasteiger partial charge is 0.383 e. The fraction of sp³-hybridized carbons (Fsp3) is 0.304. The third-order valence-electron chi connectivity index (χ3n) is 4.90. The zero-order chi connectivity index (χ0) is 19.9. The van der Waals surface area contributed by atoms with E-state index in [1.807, 2.05) is 84.1 Å². The number of para-hydroxylation sites is 1. The number of benzene rings is 2. The quantitative estimate of drug-likeness (QED) is 0.601. The molecule has 0 fully saturated rings. The van der Waals surface area contributed by atoms with Crippen LogP contribution in [0, 0.1) is 13.8 Å². The van der Waals surface area contributed by atoms with Crippen LogP contribution in [0.1, 0.15) is 22.5 Å². The highest BCUT2D eigenvalue weighted by Gasteiger charge is 2.20. The van der Waals surface area contributed by atoms with E-state index in [0.717, 1.165) is 28.2 Å². The van der Waals surface area contributed by atoms with Gasteiger partial charge in [0.15, 0.2) is 0 Å². The normalized spacial score (nSPS) is 10.8. The molecule has 0 N–H and O–H groups in total. The number of carbonyl (C=O) groups is 1. The third kappa shape index (κ3) is 4.67. The summed E-state index contributed by atoms with van der Waals surface area (Å²) in [6.07, 6.45) is 0.334. The minimum absolute atomic E-state index is 0.0831. The van der Waals surface area contributed by atoms with Crippen LogP contribution in [0.15, 0.2) is 60.7 Å². The van der Waals surface area contributed by atoms with E-state index < -0.39 is 0 Å². The van der Waals surface area contributed by atoms with Crippen molar-refractivity contribution in [2.24, 2.45) is 0 Å². The van der Waals surface area contributed by atoms with E-state index in [-0.39, 0.29) is 5.91 Å². The van der Waals surface area contributed by atoms with Crippen molar-refractivity contribution >= 4 is 5.91 Å². The zero-order valence-corrected chi connectivity index (χ0v) is 16.8. The molecule has 0 unspecified atom stereocenters. The molecule has 146 valence electrons. The molecule has 0 atom stereocenters. The van der Waals surface area contributed by atoms with Gasteiger partial charge in [-0.15, -0.1) is 0 Å². The summed E-state index contributed by atoms with van der Waals surface area (Å²) in [4.78, 5) is 15.0. The van der Waals surface area contributed by atoms with Crippen molar-refractivity contribution in [3.63, 3.8) is 0 Å². The Bertz CT molecular complexity index is 904. The number of aromatic nitrogens is 2. The van der Waals surface area contributed by atoms with Crippen molar-refractivity contribution in [3.8, 4) is 5.69 Å². The predicted octanol–water partition coefficient (Wildman–Crippen LogP) is 3.71. The first kappa shape index (κ1) is 19.8. The van der Waals surface area contributed by atoms with Gasteiger partial charge in [0.05, 0.1) is 24.4 Å². The van der Waals surface area contributed by atoms with Crippen LogP contribution in [-0.2, 0) is 22.5 Å². The molecule has 5 heteroatoms. The Morgan fingerprint density at radius 2 is 1.68 bits per heavy atom. The lowest BCUT2D eigenvalue weighted by Gasteiger charge is -2.23. The Morgan fingerprint density at radius 3 is 2.32 bits per heavy atom. The van der Waals surface area contributed by atoms with Crippen LogP contribution in [0.2, 0.25) is 0 Å². The SMILES string of the molecule is COCCN(Cc1ccccc1)C(=O)Cc1c(C)nn(-c2ccccc2)c1C. The van der Waals surface area contributed by atoms with Crippen LogP contribution in [0.25, 0.3) is 5.69 Å². The first-order chi connectivity index (χ1) is 13.6. The van der Waals surface area contributed by atoms with E-state index in [4.69, 9.17) is 4.74 Å². The van der Waals surface area contributed by atoms with Crippen LogP contribution in [0.4, 0.5) is 0 Å². The second kappa shape index (κ2) is 9.33. The summed E-state index contributed by atoms with van der Waals surface area (Å²) in [6.45, 7) is 5.64. The molecular weight excluding hydrogens is 350 g/mol. The lowest BCUT2D eigenvalue weighted by molar-refractivity contribution is -0.131. The molecule has 0 saturated carbocycles. The van der Waals surface area contributed by atoms with Gasteiger partial charge in [0.25, 0.3) is 0 Å². The summed E-state index contributed by atoms with van der Waals surface area (Å²) in [7, 11) is 1.66. The smallest absolute Gasteiger partial charge is 0.227 e. The molecule has 0 bridgehead atoms. The molecule has 28 heavy (non-hydrogen) atoms. The Balaban J connectivity index is 1.80. The average molecular weight is 377 g/mol. The number of carbonyl (C=O) groups excluding carboxylic acids is 1. The van der Waals surface area contributed by atoms with Gasteiger partial charge in [-0.1, -0.05) is 48.5 Å². The van der Waals surface area contributed by atoms with Crippen LogP contribution < -0.4 is 0 Å². The molecule has 0 aliphatic rings. The summed E-state index contributed by atoms with van der Waals surface area (Å²) in [5.41, 5.74) is 5.00. The van der Waals surface area contributed by atoms with Gasteiger partial charge in [-0.3, -0.25) is 4.79 Å². The molecule has 5 nitrogen and oxygen atoms in total. The van der Waals surface area contributed by atoms with E-state index in [0.29, 0.717) is 26.1 Å². The Labute approximate surface area is 166 Å². The molecule has 3 aromatic rings. The second-order valence-corrected chi connectivity index (χ2v) is 6.87. The number of methoxy groups -OCH3 is 1. The lowest BCUT2D eigenvalue weighted by atomic mass is 10.1. The highest BCUT2D eigenvalue weighted by atomic mass is 16.5. The average Bonchev–Trinajstić information content (AvgIpc) is 3.00. The fourth-order valence-electron chi connectivity index (χ4n) is 3.31. The fourth-order valence-corrected chi connectivity index (χ4v) is 3.31. The number of hydrogen-bond donors (Lipinski definition) is 0. The molecule has 3 rings (SSSR count). The highest BCUT2D eigenvalue weighted by molar-refractivity contribution is 5.79. The first-order valence-corrected chi connectivity index (χ1v) is 9.51. The molecule has 0 spiro atoms. The predicted molar refractivity (Wildman–Crippen MR) is 110 cm³/mol. The minimum atomic E-state index is 0.0831. The van der Waals surface area contributed by atoms with Crippen LogP contribution in [-0.4, -0.2) is 40.8 Å². The number of aryl methyl sites for hydroxylation is 1. The van der Waals surface area contributed by atoms with E-state index >= 15 is 0 Å². The summed E-state index contributed by atoms with van der Waals surface area (Å²) in [5.74, 6) is 0.0831. The van der Waals surface area contributed by atoms with E-state index in [2.05, 4.69) is 5.10 Å². The maximum absolute atomic E-state index is 13.1. The van der Waals surface area contributed by atoms with E-state index in [1.165, 1.54) is 0 Å². The van der Waals surface area contributed by atoms with Gasteiger partial charge in [-0.2, -0.15) is 5.10 Å². The van der Waals surface area contributed by atoms with Crippen molar-refractivity contribution in [3.05, 3.63) is 83.2 Å². The van der Waals surface area contributed by atoms with Crippen molar-refractivity contribution in [1.82, 2.24) is 14.7 Å². The Morgan fingerprint density at radius 1 is 1.04 bits per heavy atom. The minimum Gasteiger partial charge on any atom is -0.383 e. The molecule has 0 radical (unpaired) electrons. The third-order valence-corrected chi connectivity index (χ3v) is 4.90. The zero-order valence-electron chi connectivity index (χ0n) is 16.8. The number of rotatable bonds is 8. The van der Waals surface area contributed by atoms with Crippen LogP contribution in [0.3, 0.4) is 0 Å². The van der Waals surface area contributed by atoms with Crippen molar-refractivity contribution in [1.29, 1.82) is 0 Å². The summed E-state index contributed by atoms with van der Waals surface area (Å²) in [6, 6.07) is 20.0. The van der Waals surface area contributed by atoms with Crippen LogP contribution >= 0.6 is 0 Å². The van der Waals surface area contributed by atoms with Crippen molar-refractivity contribution < 1.29 is 9.53 Å². The molecule has 0 saturated heterocycles. The number of ether oxygens (including phenoxy) is 1. The number of nitrogens with zero attached hydrogens (tertiary/aromatic N) is 3. The van der Waals surface area contributed by atoms with Gasteiger partial charge in [-0.25, -0.2) is 4.68 Å². The highest BCUT2D eigenvalue weighted by Crippen LogP contribution is 2.19. The monoisotopic (exact) mass is 377 g/mol. The maximum Gasteiger partial charge on any atom is 0.227 e. The molecule has 2 aromatic carbocycles. The van der Waals surface area contributed by atoms with Gasteiger partial charge in [0.1, 0.15) is 0 Å². The van der Waals surface area contributed by atoms with Gasteiger partial charge < -0.3 is 9.64 Å². The molecule has 1 aromatic heterocycles. The molecular formula is C23H27N3O2. The van der Waals surface area contributed by atoms with Gasteiger partial charge in [0, 0.05) is 31.5 Å². The number of hydrogen-bond acceptors (Lipinski definition) is 3. The standard InChI is InChI=1S/C23H27N3O2/c1-18-22(19(2)26(24-18)21-12-8-5-9-13-21)16-23(27)25(14-15-28-3)17-20-10-6-4-7-11-20/h4-13H,14-17H2,1-3H3. The molecule has 0 aliphatic carbocycles. The van der Waals surface area contributed by atoms with Gasteiger partial charge in [-0.05, 0) is 31.5 Å². The Hall–Kier alpha value is -2.92. The first-order valence-electron chi connectivity index (χ1n) is 9.51. The topological polar surface area (TPSA) is 47.4 Å². The maximum atomic E-state index is 13.1. The summed E-state index contributed by atoms with van der Waals surface area (Å²) in [5, 5.41) is 4.66. The van der Waals surface area contributed by atoms with Gasteiger partial charge >= 0.3 is 0 Å². The lowest BCUT2D eigenvalue weighted by Crippen LogP contribution is -2.34. The van der Waals surface area contributed by atoms with E-state index in [1.54, 1.807) is 7.11 Å². The van der Waals surface area contributed by atoms with Gasteiger partial charge in [0.2, 0.25) is 5.91 Å². The Kier molecular flexibility index (Phi) is 6.61. The summed E-state index contributed by atoms with van der Waals surface area (Å²) >= 11 is 0.